The molecule has 0 aromatic carbocycles. The minimum atomic E-state index is -1.02. The van der Waals surface area contributed by atoms with Crippen LogP contribution in [0.2, 0.25) is 0 Å². The van der Waals surface area contributed by atoms with Gasteiger partial charge < -0.3 is 4.74 Å². The van der Waals surface area contributed by atoms with E-state index >= 15 is 0 Å². The third kappa shape index (κ3) is 1.65. The Labute approximate surface area is 83.8 Å². The third-order valence-corrected chi connectivity index (χ3v) is 2.61. The molecule has 76 valence electrons. The second-order valence-corrected chi connectivity index (χ2v) is 3.46. The van der Waals surface area contributed by atoms with E-state index in [-0.39, 0.29) is 12.2 Å². The summed E-state index contributed by atoms with van der Waals surface area (Å²) in [5.74, 6) is 1.89. The second kappa shape index (κ2) is 4.28. The van der Waals surface area contributed by atoms with Crippen LogP contribution >= 0.6 is 0 Å². The lowest BCUT2D eigenvalue weighted by Gasteiger charge is -2.22. The highest BCUT2D eigenvalue weighted by Gasteiger charge is 2.49. The smallest absolute Gasteiger partial charge is 0.320 e. The number of ether oxygens (including phenoxy) is 1. The van der Waals surface area contributed by atoms with Crippen LogP contribution in [0.3, 0.4) is 0 Å². The van der Waals surface area contributed by atoms with Crippen molar-refractivity contribution in [1.82, 2.24) is 0 Å². The van der Waals surface area contributed by atoms with Crippen LogP contribution in [0.1, 0.15) is 32.6 Å². The maximum atomic E-state index is 11.6. The summed E-state index contributed by atoms with van der Waals surface area (Å²) in [4.78, 5) is 23.2. The molecule has 0 amide bonds. The highest BCUT2D eigenvalue weighted by atomic mass is 16.5. The fourth-order valence-electron chi connectivity index (χ4n) is 1.85. The van der Waals surface area contributed by atoms with Crippen LogP contribution in [0.4, 0.5) is 0 Å². The molecule has 1 fully saturated rings. The van der Waals surface area contributed by atoms with Crippen molar-refractivity contribution in [3.63, 3.8) is 0 Å². The molecule has 0 radical (unpaired) electrons. The van der Waals surface area contributed by atoms with Crippen LogP contribution < -0.4 is 0 Å². The monoisotopic (exact) mass is 194 g/mol. The molecule has 1 unspecified atom stereocenters. The van der Waals surface area contributed by atoms with Crippen LogP contribution in [0.5, 0.6) is 0 Å². The first kappa shape index (κ1) is 10.8. The molecule has 0 N–H and O–H groups in total. The number of hydrogen-bond acceptors (Lipinski definition) is 3. The van der Waals surface area contributed by atoms with Crippen LogP contribution in [-0.2, 0) is 14.3 Å². The molecule has 3 nitrogen and oxygen atoms in total. The van der Waals surface area contributed by atoms with Crippen LogP contribution in [-0.4, -0.2) is 18.4 Å². The van der Waals surface area contributed by atoms with Crippen molar-refractivity contribution in [2.45, 2.75) is 32.6 Å². The Morgan fingerprint density at radius 1 is 1.71 bits per heavy atom. The zero-order chi connectivity index (χ0) is 10.6. The van der Waals surface area contributed by atoms with E-state index in [1.165, 1.54) is 0 Å². The van der Waals surface area contributed by atoms with Gasteiger partial charge in [-0.2, -0.15) is 0 Å². The lowest BCUT2D eigenvalue weighted by molar-refractivity contribution is -0.158. The fraction of sp³-hybridized carbons (Fsp3) is 0.636. The number of esters is 1. The quantitative estimate of drug-likeness (QED) is 0.386. The summed E-state index contributed by atoms with van der Waals surface area (Å²) in [6.07, 6.45) is 7.07. The van der Waals surface area contributed by atoms with Gasteiger partial charge in [-0.15, -0.1) is 12.3 Å². The second-order valence-electron chi connectivity index (χ2n) is 3.46. The molecule has 1 atom stereocenters. The molecule has 0 heterocycles. The molecule has 1 aliphatic rings. The van der Waals surface area contributed by atoms with E-state index in [1.807, 2.05) is 0 Å². The number of hydrogen-bond donors (Lipinski definition) is 0. The summed E-state index contributed by atoms with van der Waals surface area (Å²) in [6, 6.07) is 0. The van der Waals surface area contributed by atoms with Crippen LogP contribution in [0, 0.1) is 17.8 Å². The first-order valence-corrected chi connectivity index (χ1v) is 4.81. The van der Waals surface area contributed by atoms with Gasteiger partial charge in [-0.05, 0) is 19.8 Å². The number of carbonyl (C=O) groups excluding carboxylic acids is 2. The Morgan fingerprint density at radius 2 is 2.43 bits per heavy atom. The summed E-state index contributed by atoms with van der Waals surface area (Å²) < 4.78 is 4.90. The molecule has 1 rings (SSSR count). The van der Waals surface area contributed by atoms with E-state index in [1.54, 1.807) is 6.92 Å². The van der Waals surface area contributed by atoms with Crippen molar-refractivity contribution >= 4 is 11.8 Å². The van der Waals surface area contributed by atoms with E-state index in [9.17, 15) is 9.59 Å². The number of Topliss-reactive ketones (excluding diaryl/α,β-unsaturated/α-hetero) is 1. The largest absolute Gasteiger partial charge is 0.465 e. The number of carbonyl (C=O) groups is 2. The van der Waals surface area contributed by atoms with Gasteiger partial charge in [0.2, 0.25) is 0 Å². The summed E-state index contributed by atoms with van der Waals surface area (Å²) in [5, 5.41) is 0. The molecule has 1 aliphatic carbocycles. The van der Waals surface area contributed by atoms with Crippen molar-refractivity contribution in [1.29, 1.82) is 0 Å². The van der Waals surface area contributed by atoms with E-state index in [0.29, 0.717) is 19.4 Å². The maximum Gasteiger partial charge on any atom is 0.320 e. The molecule has 0 aromatic heterocycles. The van der Waals surface area contributed by atoms with Gasteiger partial charge in [-0.3, -0.25) is 9.59 Å². The first-order valence-electron chi connectivity index (χ1n) is 4.81. The van der Waals surface area contributed by atoms with Gasteiger partial charge in [0.15, 0.2) is 5.78 Å². The van der Waals surface area contributed by atoms with E-state index in [4.69, 9.17) is 11.2 Å². The predicted molar refractivity (Wildman–Crippen MR) is 51.4 cm³/mol. The van der Waals surface area contributed by atoms with Gasteiger partial charge in [0.25, 0.3) is 0 Å². The van der Waals surface area contributed by atoms with E-state index in [0.717, 1.165) is 6.42 Å². The average molecular weight is 194 g/mol. The van der Waals surface area contributed by atoms with E-state index in [2.05, 4.69) is 5.92 Å². The molecule has 0 bridgehead atoms. The van der Waals surface area contributed by atoms with Crippen molar-refractivity contribution in [3.8, 4) is 12.3 Å². The topological polar surface area (TPSA) is 43.4 Å². The predicted octanol–water partition coefficient (Wildman–Crippen LogP) is 1.31. The van der Waals surface area contributed by atoms with Gasteiger partial charge in [-0.25, -0.2) is 0 Å². The molecular weight excluding hydrogens is 180 g/mol. The first-order chi connectivity index (χ1) is 6.67. The summed E-state index contributed by atoms with van der Waals surface area (Å²) in [5.41, 5.74) is -1.02. The molecule has 0 spiro atoms. The Hall–Kier alpha value is -1.30. The Kier molecular flexibility index (Phi) is 3.29. The Morgan fingerprint density at radius 3 is 2.86 bits per heavy atom. The van der Waals surface area contributed by atoms with Crippen molar-refractivity contribution in [2.24, 2.45) is 5.41 Å². The van der Waals surface area contributed by atoms with Gasteiger partial charge in [0.05, 0.1) is 6.61 Å². The Bertz CT molecular complexity index is 287. The minimum absolute atomic E-state index is 0.0612. The summed E-state index contributed by atoms with van der Waals surface area (Å²) >= 11 is 0. The number of terminal acetylenes is 1. The zero-order valence-corrected chi connectivity index (χ0v) is 8.34. The van der Waals surface area contributed by atoms with Gasteiger partial charge in [-0.1, -0.05) is 0 Å². The van der Waals surface area contributed by atoms with Crippen molar-refractivity contribution in [3.05, 3.63) is 0 Å². The molecule has 1 saturated carbocycles. The summed E-state index contributed by atoms with van der Waals surface area (Å²) in [6.45, 7) is 2.01. The lowest BCUT2D eigenvalue weighted by Crippen LogP contribution is -2.36. The Balaban J connectivity index is 2.87. The molecule has 0 saturated heterocycles. The molecule has 14 heavy (non-hydrogen) atoms. The molecule has 0 aromatic rings. The zero-order valence-electron chi connectivity index (χ0n) is 8.34. The number of ketones is 1. The molecule has 3 heteroatoms. The summed E-state index contributed by atoms with van der Waals surface area (Å²) in [7, 11) is 0. The third-order valence-electron chi connectivity index (χ3n) is 2.61. The molecular formula is C11H14O3. The van der Waals surface area contributed by atoms with Crippen molar-refractivity contribution < 1.29 is 14.3 Å². The van der Waals surface area contributed by atoms with Crippen molar-refractivity contribution in [2.75, 3.05) is 6.61 Å². The minimum Gasteiger partial charge on any atom is -0.465 e. The SMILES string of the molecule is C#CCC1(C(=O)OCC)CCCC1=O. The van der Waals surface area contributed by atoms with Gasteiger partial charge in [0.1, 0.15) is 5.41 Å². The maximum absolute atomic E-state index is 11.6. The highest BCUT2D eigenvalue weighted by molar-refractivity contribution is 6.05. The van der Waals surface area contributed by atoms with Crippen LogP contribution in [0.25, 0.3) is 0 Å². The van der Waals surface area contributed by atoms with E-state index < -0.39 is 11.4 Å². The number of rotatable bonds is 3. The van der Waals surface area contributed by atoms with Gasteiger partial charge >= 0.3 is 5.97 Å². The average Bonchev–Trinajstić information content (AvgIpc) is 2.50. The standard InChI is InChI=1S/C11H14O3/c1-3-7-11(10(13)14-4-2)8-5-6-9(11)12/h1H,4-8H2,2H3. The van der Waals surface area contributed by atoms with Gasteiger partial charge in [0, 0.05) is 12.8 Å². The normalized spacial score (nSPS) is 25.9. The molecule has 0 aliphatic heterocycles. The lowest BCUT2D eigenvalue weighted by atomic mass is 9.82. The highest BCUT2D eigenvalue weighted by Crippen LogP contribution is 2.38. The fourth-order valence-corrected chi connectivity index (χ4v) is 1.85. The van der Waals surface area contributed by atoms with Crippen LogP contribution in [0.15, 0.2) is 0 Å².